The van der Waals surface area contributed by atoms with Crippen LogP contribution in [0.5, 0.6) is 0 Å². The van der Waals surface area contributed by atoms with Crippen LogP contribution < -0.4 is 10.6 Å². The predicted octanol–water partition coefficient (Wildman–Crippen LogP) is 3.27. The standard InChI is InChI=1S/C15H26N4OS.ClH/c1-3-4-5-14-18-19-15(21-14)17-13(20)10-11(2)12-6-8-16-9-7-12;/h11-12,16H,3-10H2,1-2H3,(H,17,19,20);1H. The van der Waals surface area contributed by atoms with Gasteiger partial charge in [-0.05, 0) is 44.2 Å². The van der Waals surface area contributed by atoms with Gasteiger partial charge in [0, 0.05) is 12.8 Å². The highest BCUT2D eigenvalue weighted by Gasteiger charge is 2.22. The van der Waals surface area contributed by atoms with Gasteiger partial charge < -0.3 is 10.6 Å². The average molecular weight is 347 g/mol. The van der Waals surface area contributed by atoms with Crippen molar-refractivity contribution in [2.45, 2.75) is 52.4 Å². The molecule has 1 aromatic heterocycles. The Hall–Kier alpha value is -0.720. The van der Waals surface area contributed by atoms with E-state index in [1.165, 1.54) is 24.2 Å². The Balaban J connectivity index is 0.00000242. The minimum absolute atomic E-state index is 0. The summed E-state index contributed by atoms with van der Waals surface area (Å²) >= 11 is 1.50. The van der Waals surface area contributed by atoms with Gasteiger partial charge in [-0.1, -0.05) is 31.6 Å². The Labute approximate surface area is 143 Å². The molecule has 5 nitrogen and oxygen atoms in total. The second-order valence-electron chi connectivity index (χ2n) is 5.92. The number of carbonyl (C=O) groups is 1. The van der Waals surface area contributed by atoms with Crippen LogP contribution in [0.15, 0.2) is 0 Å². The zero-order chi connectivity index (χ0) is 15.1. The number of amides is 1. The summed E-state index contributed by atoms with van der Waals surface area (Å²) in [5.41, 5.74) is 0. The van der Waals surface area contributed by atoms with Gasteiger partial charge in [0.2, 0.25) is 11.0 Å². The maximum absolute atomic E-state index is 12.1. The van der Waals surface area contributed by atoms with E-state index in [9.17, 15) is 4.79 Å². The van der Waals surface area contributed by atoms with Gasteiger partial charge >= 0.3 is 0 Å². The van der Waals surface area contributed by atoms with Gasteiger partial charge in [0.25, 0.3) is 0 Å². The Morgan fingerprint density at radius 1 is 1.41 bits per heavy atom. The molecule has 2 N–H and O–H groups in total. The fourth-order valence-electron chi connectivity index (χ4n) is 2.78. The van der Waals surface area contributed by atoms with E-state index >= 15 is 0 Å². The van der Waals surface area contributed by atoms with E-state index in [1.54, 1.807) is 0 Å². The third-order valence-corrected chi connectivity index (χ3v) is 5.05. The second-order valence-corrected chi connectivity index (χ2v) is 6.98. The number of anilines is 1. The summed E-state index contributed by atoms with van der Waals surface area (Å²) in [5.74, 6) is 1.16. The molecule has 126 valence electrons. The highest BCUT2D eigenvalue weighted by molar-refractivity contribution is 7.15. The molecule has 1 unspecified atom stereocenters. The van der Waals surface area contributed by atoms with E-state index in [0.29, 0.717) is 23.4 Å². The molecule has 0 aliphatic carbocycles. The summed E-state index contributed by atoms with van der Waals surface area (Å²) in [6.07, 6.45) is 6.15. The van der Waals surface area contributed by atoms with Gasteiger partial charge in [0.05, 0.1) is 0 Å². The van der Waals surface area contributed by atoms with Gasteiger partial charge in [-0.2, -0.15) is 0 Å². The molecule has 2 heterocycles. The lowest BCUT2D eigenvalue weighted by Gasteiger charge is -2.27. The van der Waals surface area contributed by atoms with Crippen molar-refractivity contribution in [3.63, 3.8) is 0 Å². The van der Waals surface area contributed by atoms with Crippen LogP contribution in [0.4, 0.5) is 5.13 Å². The molecule has 7 heteroatoms. The number of nitrogens with one attached hydrogen (secondary N) is 2. The quantitative estimate of drug-likeness (QED) is 0.795. The zero-order valence-electron chi connectivity index (χ0n) is 13.4. The van der Waals surface area contributed by atoms with Gasteiger partial charge in [-0.15, -0.1) is 22.6 Å². The van der Waals surface area contributed by atoms with Crippen LogP contribution in [-0.2, 0) is 11.2 Å². The van der Waals surface area contributed by atoms with Gasteiger partial charge in [0.1, 0.15) is 5.01 Å². The van der Waals surface area contributed by atoms with Crippen LogP contribution in [0.2, 0.25) is 0 Å². The maximum atomic E-state index is 12.1. The van der Waals surface area contributed by atoms with Gasteiger partial charge in [0.15, 0.2) is 0 Å². The summed E-state index contributed by atoms with van der Waals surface area (Å²) in [4.78, 5) is 12.1. The Bertz CT molecular complexity index is 449. The first-order chi connectivity index (χ1) is 10.2. The Morgan fingerprint density at radius 3 is 2.82 bits per heavy atom. The topological polar surface area (TPSA) is 66.9 Å². The van der Waals surface area contributed by atoms with Crippen molar-refractivity contribution in [2.75, 3.05) is 18.4 Å². The van der Waals surface area contributed by atoms with Crippen LogP contribution in [0.3, 0.4) is 0 Å². The number of unbranched alkanes of at least 4 members (excludes halogenated alkanes) is 1. The van der Waals surface area contributed by atoms with E-state index in [2.05, 4.69) is 34.7 Å². The SMILES string of the molecule is CCCCc1nnc(NC(=O)CC(C)C2CCNCC2)s1.Cl. The smallest absolute Gasteiger partial charge is 0.226 e. The van der Waals surface area contributed by atoms with Crippen LogP contribution in [0.25, 0.3) is 0 Å². The van der Waals surface area contributed by atoms with Crippen LogP contribution in [0, 0.1) is 11.8 Å². The lowest BCUT2D eigenvalue weighted by molar-refractivity contribution is -0.117. The van der Waals surface area contributed by atoms with Crippen molar-refractivity contribution in [2.24, 2.45) is 11.8 Å². The largest absolute Gasteiger partial charge is 0.317 e. The van der Waals surface area contributed by atoms with Gasteiger partial charge in [-0.3, -0.25) is 4.79 Å². The van der Waals surface area contributed by atoms with Crippen molar-refractivity contribution < 1.29 is 4.79 Å². The molecule has 0 spiro atoms. The Kier molecular flexibility index (Phi) is 8.90. The first-order valence-electron chi connectivity index (χ1n) is 8.02. The van der Waals surface area contributed by atoms with E-state index in [-0.39, 0.29) is 18.3 Å². The molecule has 1 aliphatic heterocycles. The van der Waals surface area contributed by atoms with E-state index in [0.717, 1.165) is 37.4 Å². The van der Waals surface area contributed by atoms with E-state index in [4.69, 9.17) is 0 Å². The minimum Gasteiger partial charge on any atom is -0.317 e. The Morgan fingerprint density at radius 2 is 2.14 bits per heavy atom. The summed E-state index contributed by atoms with van der Waals surface area (Å²) in [6.45, 7) is 6.50. The molecule has 1 fully saturated rings. The van der Waals surface area contributed by atoms with Crippen molar-refractivity contribution in [3.8, 4) is 0 Å². The number of hydrogen-bond donors (Lipinski definition) is 2. The number of aryl methyl sites for hydroxylation is 1. The highest BCUT2D eigenvalue weighted by Crippen LogP contribution is 2.25. The molecule has 2 rings (SSSR count). The number of nitrogens with zero attached hydrogens (tertiary/aromatic N) is 2. The molecule has 1 amide bonds. The van der Waals surface area contributed by atoms with Crippen molar-refractivity contribution in [1.29, 1.82) is 0 Å². The number of halogens is 1. The molecule has 0 radical (unpaired) electrons. The molecule has 0 bridgehead atoms. The number of carbonyl (C=O) groups excluding carboxylic acids is 1. The number of rotatable bonds is 7. The molecule has 0 aromatic carbocycles. The van der Waals surface area contributed by atoms with E-state index in [1.807, 2.05) is 0 Å². The normalized spacial score (nSPS) is 16.8. The number of piperidine rings is 1. The third kappa shape index (κ3) is 6.18. The predicted molar refractivity (Wildman–Crippen MR) is 93.8 cm³/mol. The first-order valence-corrected chi connectivity index (χ1v) is 8.83. The summed E-state index contributed by atoms with van der Waals surface area (Å²) in [5, 5.41) is 16.1. The molecule has 1 atom stereocenters. The van der Waals surface area contributed by atoms with Crippen LogP contribution >= 0.6 is 23.7 Å². The molecule has 0 saturated carbocycles. The lowest BCUT2D eigenvalue weighted by Crippen LogP contribution is -2.32. The molecular weight excluding hydrogens is 320 g/mol. The molecule has 1 aromatic rings. The monoisotopic (exact) mass is 346 g/mol. The maximum Gasteiger partial charge on any atom is 0.226 e. The first kappa shape index (κ1) is 19.3. The van der Waals surface area contributed by atoms with Crippen molar-refractivity contribution >= 4 is 34.8 Å². The minimum atomic E-state index is 0. The van der Waals surface area contributed by atoms with Crippen LogP contribution in [-0.4, -0.2) is 29.2 Å². The molecule has 1 saturated heterocycles. The lowest BCUT2D eigenvalue weighted by atomic mass is 9.84. The highest BCUT2D eigenvalue weighted by atomic mass is 35.5. The van der Waals surface area contributed by atoms with Crippen LogP contribution in [0.1, 0.15) is 51.0 Å². The van der Waals surface area contributed by atoms with Crippen molar-refractivity contribution in [1.82, 2.24) is 15.5 Å². The average Bonchev–Trinajstić information content (AvgIpc) is 2.93. The summed E-state index contributed by atoms with van der Waals surface area (Å²) in [7, 11) is 0. The van der Waals surface area contributed by atoms with Crippen molar-refractivity contribution in [3.05, 3.63) is 5.01 Å². The number of aromatic nitrogens is 2. The summed E-state index contributed by atoms with van der Waals surface area (Å²) in [6, 6.07) is 0. The molecule has 1 aliphatic rings. The van der Waals surface area contributed by atoms with Gasteiger partial charge in [-0.25, -0.2) is 0 Å². The van der Waals surface area contributed by atoms with E-state index < -0.39 is 0 Å². The second kappa shape index (κ2) is 10.1. The molecular formula is C15H27ClN4OS. The third-order valence-electron chi connectivity index (χ3n) is 4.15. The fraction of sp³-hybridized carbons (Fsp3) is 0.800. The molecule has 22 heavy (non-hydrogen) atoms. The zero-order valence-corrected chi connectivity index (χ0v) is 15.1. The number of hydrogen-bond acceptors (Lipinski definition) is 5. The summed E-state index contributed by atoms with van der Waals surface area (Å²) < 4.78 is 0. The fourth-order valence-corrected chi connectivity index (χ4v) is 3.57.